The van der Waals surface area contributed by atoms with Crippen molar-refractivity contribution in [1.29, 1.82) is 0 Å². The number of para-hydroxylation sites is 1. The summed E-state index contributed by atoms with van der Waals surface area (Å²) in [4.78, 5) is 16.6. The van der Waals surface area contributed by atoms with E-state index in [0.717, 1.165) is 22.2 Å². The van der Waals surface area contributed by atoms with Crippen molar-refractivity contribution in [2.75, 3.05) is 6.61 Å². The number of nitrogens with zero attached hydrogens (tertiary/aromatic N) is 1. The van der Waals surface area contributed by atoms with Crippen molar-refractivity contribution in [1.82, 2.24) is 4.98 Å². The SMILES string of the molecule is O=C1CC=Cc2nc3ccccc3c(CCO)c21. The first-order valence-corrected chi connectivity index (χ1v) is 6.03. The molecule has 0 amide bonds. The van der Waals surface area contributed by atoms with Gasteiger partial charge in [-0.2, -0.15) is 0 Å². The van der Waals surface area contributed by atoms with E-state index in [4.69, 9.17) is 0 Å². The first kappa shape index (κ1) is 11.1. The van der Waals surface area contributed by atoms with Crippen LogP contribution in [-0.4, -0.2) is 22.5 Å². The van der Waals surface area contributed by atoms with Crippen LogP contribution in [0.15, 0.2) is 30.3 Å². The summed E-state index contributed by atoms with van der Waals surface area (Å²) in [6.45, 7) is 0.0391. The second-order valence-electron chi connectivity index (χ2n) is 4.37. The summed E-state index contributed by atoms with van der Waals surface area (Å²) in [5, 5.41) is 10.2. The fourth-order valence-electron chi connectivity index (χ4n) is 2.48. The number of fused-ring (bicyclic) bond motifs is 2. The topological polar surface area (TPSA) is 50.2 Å². The summed E-state index contributed by atoms with van der Waals surface area (Å²) in [6, 6.07) is 7.75. The zero-order valence-electron chi connectivity index (χ0n) is 9.89. The summed E-state index contributed by atoms with van der Waals surface area (Å²) >= 11 is 0. The maximum absolute atomic E-state index is 12.1. The van der Waals surface area contributed by atoms with Crippen molar-refractivity contribution >= 4 is 22.8 Å². The number of hydrogen-bond acceptors (Lipinski definition) is 3. The molecule has 0 fully saturated rings. The van der Waals surface area contributed by atoms with Gasteiger partial charge in [-0.05, 0) is 24.1 Å². The minimum Gasteiger partial charge on any atom is -0.396 e. The molecule has 0 saturated carbocycles. The number of pyridine rings is 1. The van der Waals surface area contributed by atoms with Gasteiger partial charge in [-0.3, -0.25) is 4.79 Å². The van der Waals surface area contributed by atoms with Gasteiger partial charge in [-0.25, -0.2) is 4.98 Å². The molecule has 1 aromatic heterocycles. The molecule has 0 spiro atoms. The van der Waals surface area contributed by atoms with Crippen LogP contribution >= 0.6 is 0 Å². The lowest BCUT2D eigenvalue weighted by atomic mass is 9.91. The van der Waals surface area contributed by atoms with Gasteiger partial charge in [0.05, 0.1) is 11.2 Å². The average Bonchev–Trinajstić information content (AvgIpc) is 2.39. The summed E-state index contributed by atoms with van der Waals surface area (Å²) in [5.74, 6) is 0.0919. The molecule has 0 aliphatic heterocycles. The van der Waals surface area contributed by atoms with Gasteiger partial charge in [-0.15, -0.1) is 0 Å². The van der Waals surface area contributed by atoms with Gasteiger partial charge in [0.15, 0.2) is 5.78 Å². The van der Waals surface area contributed by atoms with E-state index < -0.39 is 0 Å². The van der Waals surface area contributed by atoms with Crippen LogP contribution in [0.1, 0.15) is 28.0 Å². The molecule has 1 aliphatic rings. The molecular formula is C15H13NO2. The number of rotatable bonds is 2. The molecule has 3 rings (SSSR count). The first-order chi connectivity index (χ1) is 8.81. The molecule has 2 aromatic rings. The molecule has 0 saturated heterocycles. The Morgan fingerprint density at radius 3 is 2.94 bits per heavy atom. The van der Waals surface area contributed by atoms with Gasteiger partial charge in [0.2, 0.25) is 0 Å². The molecule has 90 valence electrons. The van der Waals surface area contributed by atoms with Gasteiger partial charge < -0.3 is 5.11 Å². The Bertz CT molecular complexity index is 659. The maximum Gasteiger partial charge on any atom is 0.169 e. The summed E-state index contributed by atoms with van der Waals surface area (Å²) in [7, 11) is 0. The van der Waals surface area contributed by atoms with Crippen LogP contribution in [0.3, 0.4) is 0 Å². The lowest BCUT2D eigenvalue weighted by Crippen LogP contribution is -2.12. The Kier molecular flexibility index (Phi) is 2.68. The number of benzene rings is 1. The molecular weight excluding hydrogens is 226 g/mol. The van der Waals surface area contributed by atoms with Crippen molar-refractivity contribution < 1.29 is 9.90 Å². The Morgan fingerprint density at radius 2 is 2.11 bits per heavy atom. The predicted molar refractivity (Wildman–Crippen MR) is 70.5 cm³/mol. The molecule has 0 atom stereocenters. The fraction of sp³-hybridized carbons (Fsp3) is 0.200. The summed E-state index contributed by atoms with van der Waals surface area (Å²) < 4.78 is 0. The van der Waals surface area contributed by atoms with Crippen molar-refractivity contribution in [3.8, 4) is 0 Å². The van der Waals surface area contributed by atoms with Crippen LogP contribution < -0.4 is 0 Å². The highest BCUT2D eigenvalue weighted by atomic mass is 16.3. The van der Waals surface area contributed by atoms with E-state index in [9.17, 15) is 9.90 Å². The van der Waals surface area contributed by atoms with Crippen molar-refractivity contribution in [2.45, 2.75) is 12.8 Å². The van der Waals surface area contributed by atoms with Crippen LogP contribution in [0.2, 0.25) is 0 Å². The smallest absolute Gasteiger partial charge is 0.169 e. The number of aliphatic hydroxyl groups is 1. The third-order valence-electron chi connectivity index (χ3n) is 3.25. The van der Waals surface area contributed by atoms with Crippen LogP contribution in [0, 0.1) is 0 Å². The third kappa shape index (κ3) is 1.64. The van der Waals surface area contributed by atoms with E-state index in [1.807, 2.05) is 36.4 Å². The second-order valence-corrected chi connectivity index (χ2v) is 4.37. The molecule has 0 bridgehead atoms. The number of Topliss-reactive ketones (excluding diaryl/α,β-unsaturated/α-hetero) is 1. The lowest BCUT2D eigenvalue weighted by molar-refractivity contribution is 0.0993. The monoisotopic (exact) mass is 239 g/mol. The molecule has 0 radical (unpaired) electrons. The van der Waals surface area contributed by atoms with Gasteiger partial charge >= 0.3 is 0 Å². The first-order valence-electron chi connectivity index (χ1n) is 6.03. The van der Waals surface area contributed by atoms with Crippen molar-refractivity contribution in [2.24, 2.45) is 0 Å². The minimum atomic E-state index is 0.0391. The second kappa shape index (κ2) is 4.35. The van der Waals surface area contributed by atoms with Gasteiger partial charge in [0.1, 0.15) is 0 Å². The normalized spacial score (nSPS) is 13.9. The third-order valence-corrected chi connectivity index (χ3v) is 3.25. The molecule has 0 unspecified atom stereocenters. The maximum atomic E-state index is 12.1. The Hall–Kier alpha value is -2.00. The molecule has 1 aromatic carbocycles. The van der Waals surface area contributed by atoms with Crippen LogP contribution in [-0.2, 0) is 6.42 Å². The average molecular weight is 239 g/mol. The predicted octanol–water partition coefficient (Wildman–Crippen LogP) is 2.37. The molecule has 3 heteroatoms. The highest BCUT2D eigenvalue weighted by molar-refractivity contribution is 6.06. The van der Waals surface area contributed by atoms with E-state index in [2.05, 4.69) is 4.98 Å². The highest BCUT2D eigenvalue weighted by Crippen LogP contribution is 2.28. The fourth-order valence-corrected chi connectivity index (χ4v) is 2.48. The summed E-state index contributed by atoms with van der Waals surface area (Å²) in [5.41, 5.74) is 3.21. The highest BCUT2D eigenvalue weighted by Gasteiger charge is 2.20. The number of carbonyl (C=O) groups is 1. The van der Waals surface area contributed by atoms with E-state index in [0.29, 0.717) is 18.4 Å². The van der Waals surface area contributed by atoms with Crippen LogP contribution in [0.25, 0.3) is 17.0 Å². The molecule has 1 aliphatic carbocycles. The zero-order valence-corrected chi connectivity index (χ0v) is 9.89. The Labute approximate surface area is 105 Å². The zero-order chi connectivity index (χ0) is 12.5. The standard InChI is InChI=1S/C15H13NO2/c17-9-8-11-10-4-1-2-5-12(10)16-13-6-3-7-14(18)15(11)13/h1-6,17H,7-9H2. The largest absolute Gasteiger partial charge is 0.396 e. The van der Waals surface area contributed by atoms with E-state index >= 15 is 0 Å². The number of aromatic nitrogens is 1. The van der Waals surface area contributed by atoms with E-state index in [1.165, 1.54) is 0 Å². The number of ketones is 1. The van der Waals surface area contributed by atoms with Crippen molar-refractivity contribution in [3.63, 3.8) is 0 Å². The lowest BCUT2D eigenvalue weighted by Gasteiger charge is -2.16. The molecule has 1 heterocycles. The van der Waals surface area contributed by atoms with E-state index in [-0.39, 0.29) is 12.4 Å². The number of allylic oxidation sites excluding steroid dienone is 1. The number of hydrogen-bond donors (Lipinski definition) is 1. The number of carbonyl (C=O) groups excluding carboxylic acids is 1. The minimum absolute atomic E-state index is 0.0391. The Balaban J connectivity index is 2.39. The van der Waals surface area contributed by atoms with Crippen LogP contribution in [0.5, 0.6) is 0 Å². The molecule has 3 nitrogen and oxygen atoms in total. The summed E-state index contributed by atoms with van der Waals surface area (Å²) in [6.07, 6.45) is 4.65. The van der Waals surface area contributed by atoms with Crippen molar-refractivity contribution in [3.05, 3.63) is 47.2 Å². The molecule has 1 N–H and O–H groups in total. The van der Waals surface area contributed by atoms with Gasteiger partial charge in [-0.1, -0.05) is 24.3 Å². The number of aliphatic hydroxyl groups excluding tert-OH is 1. The van der Waals surface area contributed by atoms with Crippen LogP contribution in [0.4, 0.5) is 0 Å². The van der Waals surface area contributed by atoms with Gasteiger partial charge in [0.25, 0.3) is 0 Å². The Morgan fingerprint density at radius 1 is 1.28 bits per heavy atom. The quantitative estimate of drug-likeness (QED) is 0.875. The van der Waals surface area contributed by atoms with E-state index in [1.54, 1.807) is 0 Å². The van der Waals surface area contributed by atoms with Gasteiger partial charge in [0, 0.05) is 24.0 Å². The molecule has 18 heavy (non-hydrogen) atoms.